The van der Waals surface area contributed by atoms with Crippen LogP contribution in [0.2, 0.25) is 0 Å². The molecule has 0 atom stereocenters. The maximum absolute atomic E-state index is 11.9. The molecule has 1 aromatic carbocycles. The molecule has 6 heteroatoms. The Bertz CT molecular complexity index is 710. The molecule has 1 N–H and O–H groups in total. The van der Waals surface area contributed by atoms with Gasteiger partial charge in [0.15, 0.2) is 16.6 Å². The van der Waals surface area contributed by atoms with Crippen LogP contribution in [-0.2, 0) is 4.79 Å². The van der Waals surface area contributed by atoms with Gasteiger partial charge in [-0.25, -0.2) is 4.98 Å². The van der Waals surface area contributed by atoms with Crippen molar-refractivity contribution in [2.45, 2.75) is 27.2 Å². The molecule has 0 unspecified atom stereocenters. The van der Waals surface area contributed by atoms with E-state index in [9.17, 15) is 4.79 Å². The Hall–Kier alpha value is -2.34. The number of carbonyl (C=O) groups is 1. The standard InChI is InChI=1S/C18H22N2O3S/c1-4-10-23-15-8-6-14(11-16(15)22-5-2)7-9-17(21)20-18-19-12-13(3)24-18/h6-9,11-12H,4-5,10H2,1-3H3,(H,19,20,21)/b9-7+. The van der Waals surface area contributed by atoms with E-state index in [1.54, 1.807) is 12.3 Å². The van der Waals surface area contributed by atoms with E-state index in [2.05, 4.69) is 17.2 Å². The van der Waals surface area contributed by atoms with Gasteiger partial charge in [-0.1, -0.05) is 13.0 Å². The van der Waals surface area contributed by atoms with Crippen LogP contribution in [-0.4, -0.2) is 24.1 Å². The third kappa shape index (κ3) is 5.38. The zero-order valence-electron chi connectivity index (χ0n) is 14.2. The minimum Gasteiger partial charge on any atom is -0.490 e. The molecule has 2 rings (SSSR count). The normalized spacial score (nSPS) is 10.8. The SMILES string of the molecule is CCCOc1ccc(/C=C/C(=O)Nc2ncc(C)s2)cc1OCC. The zero-order chi connectivity index (χ0) is 17.4. The van der Waals surface area contributed by atoms with Crippen molar-refractivity contribution in [3.05, 3.63) is 40.9 Å². The van der Waals surface area contributed by atoms with Crippen molar-refractivity contribution in [3.8, 4) is 11.5 Å². The summed E-state index contributed by atoms with van der Waals surface area (Å²) in [5, 5.41) is 3.34. The van der Waals surface area contributed by atoms with Crippen molar-refractivity contribution in [2.24, 2.45) is 0 Å². The summed E-state index contributed by atoms with van der Waals surface area (Å²) in [4.78, 5) is 17.1. The van der Waals surface area contributed by atoms with Gasteiger partial charge in [0.1, 0.15) is 0 Å². The lowest BCUT2D eigenvalue weighted by atomic mass is 10.2. The highest BCUT2D eigenvalue weighted by Gasteiger charge is 2.06. The van der Waals surface area contributed by atoms with Gasteiger partial charge in [-0.05, 0) is 44.0 Å². The third-order valence-electron chi connectivity index (χ3n) is 3.01. The minimum atomic E-state index is -0.214. The Kier molecular flexibility index (Phi) is 6.81. The lowest BCUT2D eigenvalue weighted by Crippen LogP contribution is -2.07. The Morgan fingerprint density at radius 3 is 2.79 bits per heavy atom. The van der Waals surface area contributed by atoms with Crippen LogP contribution in [0.4, 0.5) is 5.13 Å². The Morgan fingerprint density at radius 1 is 1.29 bits per heavy atom. The molecule has 0 bridgehead atoms. The molecule has 0 aliphatic rings. The molecule has 1 amide bonds. The van der Waals surface area contributed by atoms with Crippen LogP contribution in [0.1, 0.15) is 30.7 Å². The summed E-state index contributed by atoms with van der Waals surface area (Å²) in [6.45, 7) is 7.13. The van der Waals surface area contributed by atoms with Crippen molar-refractivity contribution >= 4 is 28.5 Å². The van der Waals surface area contributed by atoms with Crippen LogP contribution in [0.3, 0.4) is 0 Å². The van der Waals surface area contributed by atoms with E-state index in [0.717, 1.165) is 22.6 Å². The summed E-state index contributed by atoms with van der Waals surface area (Å²) in [5.41, 5.74) is 0.868. The van der Waals surface area contributed by atoms with E-state index in [1.807, 2.05) is 32.0 Å². The van der Waals surface area contributed by atoms with E-state index in [1.165, 1.54) is 17.4 Å². The molecule has 0 aliphatic carbocycles. The molecule has 0 radical (unpaired) electrons. The van der Waals surface area contributed by atoms with Gasteiger partial charge in [-0.15, -0.1) is 11.3 Å². The number of aryl methyl sites for hydroxylation is 1. The van der Waals surface area contributed by atoms with Gasteiger partial charge in [0.25, 0.3) is 0 Å². The Labute approximate surface area is 146 Å². The fourth-order valence-corrected chi connectivity index (χ4v) is 2.63. The first-order chi connectivity index (χ1) is 11.6. The average Bonchev–Trinajstić information content (AvgIpc) is 2.97. The van der Waals surface area contributed by atoms with Gasteiger partial charge in [0, 0.05) is 17.2 Å². The number of nitrogens with zero attached hydrogens (tertiary/aromatic N) is 1. The van der Waals surface area contributed by atoms with Gasteiger partial charge in [0.2, 0.25) is 5.91 Å². The second-order valence-electron chi connectivity index (χ2n) is 5.09. The summed E-state index contributed by atoms with van der Waals surface area (Å²) >= 11 is 1.44. The average molecular weight is 346 g/mol. The number of anilines is 1. The summed E-state index contributed by atoms with van der Waals surface area (Å²) in [6.07, 6.45) is 5.88. The van der Waals surface area contributed by atoms with E-state index >= 15 is 0 Å². The van der Waals surface area contributed by atoms with Crippen molar-refractivity contribution < 1.29 is 14.3 Å². The topological polar surface area (TPSA) is 60.5 Å². The minimum absolute atomic E-state index is 0.214. The van der Waals surface area contributed by atoms with E-state index < -0.39 is 0 Å². The number of rotatable bonds is 8. The number of thiazole rings is 1. The predicted molar refractivity (Wildman–Crippen MR) is 97.9 cm³/mol. The second-order valence-corrected chi connectivity index (χ2v) is 6.32. The number of hydrogen-bond acceptors (Lipinski definition) is 5. The van der Waals surface area contributed by atoms with Gasteiger partial charge in [-0.3, -0.25) is 10.1 Å². The van der Waals surface area contributed by atoms with E-state index in [4.69, 9.17) is 9.47 Å². The number of benzene rings is 1. The lowest BCUT2D eigenvalue weighted by Gasteiger charge is -2.12. The largest absolute Gasteiger partial charge is 0.490 e. The first-order valence-corrected chi connectivity index (χ1v) is 8.75. The molecule has 2 aromatic rings. The maximum Gasteiger partial charge on any atom is 0.250 e. The van der Waals surface area contributed by atoms with Crippen molar-refractivity contribution in [3.63, 3.8) is 0 Å². The molecule has 0 saturated carbocycles. The summed E-state index contributed by atoms with van der Waals surface area (Å²) < 4.78 is 11.3. The number of aromatic nitrogens is 1. The molecule has 1 heterocycles. The van der Waals surface area contributed by atoms with Crippen LogP contribution < -0.4 is 14.8 Å². The molecule has 0 fully saturated rings. The fraction of sp³-hybridized carbons (Fsp3) is 0.333. The molecule has 24 heavy (non-hydrogen) atoms. The quantitative estimate of drug-likeness (QED) is 0.724. The van der Waals surface area contributed by atoms with Gasteiger partial charge in [0.05, 0.1) is 13.2 Å². The number of ether oxygens (including phenoxy) is 2. The van der Waals surface area contributed by atoms with Crippen LogP contribution in [0.25, 0.3) is 6.08 Å². The van der Waals surface area contributed by atoms with Crippen molar-refractivity contribution in [1.29, 1.82) is 0 Å². The zero-order valence-corrected chi connectivity index (χ0v) is 15.0. The predicted octanol–water partition coefficient (Wildman–Crippen LogP) is 4.29. The summed E-state index contributed by atoms with van der Waals surface area (Å²) in [6, 6.07) is 5.62. The first-order valence-electron chi connectivity index (χ1n) is 7.93. The molecule has 1 aromatic heterocycles. The highest BCUT2D eigenvalue weighted by molar-refractivity contribution is 7.15. The molecule has 0 saturated heterocycles. The summed E-state index contributed by atoms with van der Waals surface area (Å²) in [5.74, 6) is 1.19. The van der Waals surface area contributed by atoms with E-state index in [-0.39, 0.29) is 5.91 Å². The lowest BCUT2D eigenvalue weighted by molar-refractivity contribution is -0.111. The van der Waals surface area contributed by atoms with E-state index in [0.29, 0.717) is 24.1 Å². The smallest absolute Gasteiger partial charge is 0.250 e. The van der Waals surface area contributed by atoms with Gasteiger partial charge >= 0.3 is 0 Å². The second kappa shape index (κ2) is 9.08. The van der Waals surface area contributed by atoms with Crippen LogP contribution >= 0.6 is 11.3 Å². The molecule has 5 nitrogen and oxygen atoms in total. The van der Waals surface area contributed by atoms with Crippen LogP contribution in [0.15, 0.2) is 30.5 Å². The van der Waals surface area contributed by atoms with Gasteiger partial charge in [-0.2, -0.15) is 0 Å². The number of carbonyl (C=O) groups excluding carboxylic acids is 1. The number of nitrogens with one attached hydrogen (secondary N) is 1. The molecule has 0 aliphatic heterocycles. The molecular formula is C18H22N2O3S. The number of hydrogen-bond donors (Lipinski definition) is 1. The molecule has 128 valence electrons. The van der Waals surface area contributed by atoms with Crippen LogP contribution in [0.5, 0.6) is 11.5 Å². The van der Waals surface area contributed by atoms with Gasteiger partial charge < -0.3 is 9.47 Å². The third-order valence-corrected chi connectivity index (χ3v) is 3.84. The highest BCUT2D eigenvalue weighted by atomic mass is 32.1. The fourth-order valence-electron chi connectivity index (χ4n) is 1.96. The first kappa shape index (κ1) is 18.0. The number of amides is 1. The Morgan fingerprint density at radius 2 is 2.12 bits per heavy atom. The highest BCUT2D eigenvalue weighted by Crippen LogP contribution is 2.29. The van der Waals surface area contributed by atoms with Crippen molar-refractivity contribution in [1.82, 2.24) is 4.98 Å². The maximum atomic E-state index is 11.9. The summed E-state index contributed by atoms with van der Waals surface area (Å²) in [7, 11) is 0. The van der Waals surface area contributed by atoms with Crippen LogP contribution in [0, 0.1) is 6.92 Å². The Balaban J connectivity index is 2.04. The van der Waals surface area contributed by atoms with Crippen molar-refractivity contribution in [2.75, 3.05) is 18.5 Å². The monoisotopic (exact) mass is 346 g/mol. The molecule has 0 spiro atoms. The molecular weight excluding hydrogens is 324 g/mol.